The maximum atomic E-state index is 10.1. The number of benzene rings is 1. The van der Waals surface area contributed by atoms with Gasteiger partial charge in [0.05, 0.1) is 23.4 Å². The number of thiophene rings is 1. The van der Waals surface area contributed by atoms with E-state index in [2.05, 4.69) is 41.3 Å². The van der Waals surface area contributed by atoms with Crippen LogP contribution in [0.2, 0.25) is 0 Å². The van der Waals surface area contributed by atoms with Crippen LogP contribution < -0.4 is 5.73 Å². The summed E-state index contributed by atoms with van der Waals surface area (Å²) in [6.07, 6.45) is 2.98. The Morgan fingerprint density at radius 3 is 2.50 bits per heavy atom. The van der Waals surface area contributed by atoms with Crippen molar-refractivity contribution < 1.29 is 0 Å². The first-order chi connectivity index (χ1) is 14.6. The molecule has 1 aromatic heterocycles. The van der Waals surface area contributed by atoms with Gasteiger partial charge in [-0.05, 0) is 29.0 Å². The SMILES string of the molecule is N#CC1=C(N)C(C#N)(C#N)[C@@H](c2cccs2)[C@@H]2CN(CCc3ccccc3)CC=C12. The van der Waals surface area contributed by atoms with Gasteiger partial charge in [0.25, 0.3) is 0 Å². The van der Waals surface area contributed by atoms with E-state index in [1.165, 1.54) is 16.9 Å². The summed E-state index contributed by atoms with van der Waals surface area (Å²) >= 11 is 1.53. The second-order valence-electron chi connectivity index (χ2n) is 7.69. The number of nitrogens with two attached hydrogens (primary N) is 1. The Morgan fingerprint density at radius 1 is 1.10 bits per heavy atom. The van der Waals surface area contributed by atoms with Crippen molar-refractivity contribution >= 4 is 11.3 Å². The molecule has 5 nitrogen and oxygen atoms in total. The van der Waals surface area contributed by atoms with Crippen LogP contribution in [0.4, 0.5) is 0 Å². The van der Waals surface area contributed by atoms with E-state index in [1.807, 2.05) is 35.7 Å². The van der Waals surface area contributed by atoms with Crippen LogP contribution in [0.25, 0.3) is 0 Å². The van der Waals surface area contributed by atoms with Crippen molar-refractivity contribution in [1.29, 1.82) is 15.8 Å². The topological polar surface area (TPSA) is 101 Å². The summed E-state index contributed by atoms with van der Waals surface area (Å²) in [4.78, 5) is 3.29. The first kappa shape index (κ1) is 19.9. The number of nitrogens with zero attached hydrogens (tertiary/aromatic N) is 4. The molecule has 0 saturated carbocycles. The quantitative estimate of drug-likeness (QED) is 0.826. The summed E-state index contributed by atoms with van der Waals surface area (Å²) in [5, 5.41) is 31.9. The predicted octanol–water partition coefficient (Wildman–Crippen LogP) is 3.72. The van der Waals surface area contributed by atoms with Gasteiger partial charge in [0.2, 0.25) is 0 Å². The Morgan fingerprint density at radius 2 is 1.87 bits per heavy atom. The van der Waals surface area contributed by atoms with Crippen LogP contribution in [-0.4, -0.2) is 24.5 Å². The third kappa shape index (κ3) is 3.19. The molecule has 2 aromatic rings. The first-order valence-corrected chi connectivity index (χ1v) is 10.8. The maximum Gasteiger partial charge on any atom is 0.192 e. The number of fused-ring (bicyclic) bond motifs is 1. The van der Waals surface area contributed by atoms with E-state index in [-0.39, 0.29) is 11.6 Å². The molecule has 148 valence electrons. The van der Waals surface area contributed by atoms with Gasteiger partial charge in [-0.25, -0.2) is 0 Å². The molecule has 0 radical (unpaired) electrons. The Labute approximate surface area is 180 Å². The van der Waals surface area contributed by atoms with Crippen LogP contribution in [0.1, 0.15) is 16.4 Å². The lowest BCUT2D eigenvalue weighted by molar-refractivity contribution is 0.210. The van der Waals surface area contributed by atoms with Gasteiger partial charge in [0, 0.05) is 36.3 Å². The number of hydrogen-bond acceptors (Lipinski definition) is 6. The monoisotopic (exact) mass is 411 g/mol. The highest BCUT2D eigenvalue weighted by Gasteiger charge is 2.54. The van der Waals surface area contributed by atoms with E-state index >= 15 is 0 Å². The summed E-state index contributed by atoms with van der Waals surface area (Å²) in [5.74, 6) is -0.523. The maximum absolute atomic E-state index is 10.1. The number of nitriles is 3. The van der Waals surface area contributed by atoms with Crippen LogP contribution in [0.5, 0.6) is 0 Å². The second-order valence-corrected chi connectivity index (χ2v) is 8.67. The molecule has 1 aliphatic heterocycles. The third-order valence-corrected chi connectivity index (χ3v) is 7.10. The average molecular weight is 412 g/mol. The van der Waals surface area contributed by atoms with Crippen LogP contribution in [0.3, 0.4) is 0 Å². The molecule has 0 fully saturated rings. The van der Waals surface area contributed by atoms with Crippen molar-refractivity contribution in [1.82, 2.24) is 4.90 Å². The summed E-state index contributed by atoms with van der Waals surface area (Å²) in [6, 6.07) is 20.8. The average Bonchev–Trinajstić information content (AvgIpc) is 3.32. The first-order valence-electron chi connectivity index (χ1n) is 9.87. The van der Waals surface area contributed by atoms with E-state index < -0.39 is 11.3 Å². The van der Waals surface area contributed by atoms with Crippen molar-refractivity contribution in [3.05, 3.63) is 81.2 Å². The Bertz CT molecular complexity index is 1100. The standard InChI is InChI=1S/C24H21N5S/c25-13-19-18-9-11-29(10-8-17-5-2-1-3-6-17)14-20(18)22(21-7-4-12-30-21)24(15-26,16-27)23(19)28/h1-7,9,12,20,22H,8,10-11,14,28H2/t20-,22-/m1/s1. The summed E-state index contributed by atoms with van der Waals surface area (Å²) < 4.78 is 0. The molecular formula is C24H21N5S. The predicted molar refractivity (Wildman–Crippen MR) is 116 cm³/mol. The zero-order valence-corrected chi connectivity index (χ0v) is 17.3. The van der Waals surface area contributed by atoms with Gasteiger partial charge in [-0.15, -0.1) is 11.3 Å². The lowest BCUT2D eigenvalue weighted by Gasteiger charge is -2.45. The number of hydrogen-bond donors (Lipinski definition) is 1. The van der Waals surface area contributed by atoms with Gasteiger partial charge in [-0.2, -0.15) is 15.8 Å². The van der Waals surface area contributed by atoms with E-state index in [4.69, 9.17) is 5.73 Å². The van der Waals surface area contributed by atoms with Crippen molar-refractivity contribution in [2.24, 2.45) is 17.1 Å². The molecule has 4 rings (SSSR count). The van der Waals surface area contributed by atoms with Gasteiger partial charge in [0.15, 0.2) is 5.41 Å². The summed E-state index contributed by atoms with van der Waals surface area (Å²) in [6.45, 7) is 2.28. The van der Waals surface area contributed by atoms with Gasteiger partial charge >= 0.3 is 0 Å². The molecular weight excluding hydrogens is 390 g/mol. The summed E-state index contributed by atoms with van der Waals surface area (Å²) in [7, 11) is 0. The molecule has 0 unspecified atom stereocenters. The Balaban J connectivity index is 1.73. The number of allylic oxidation sites excluding steroid dienone is 2. The Hall–Kier alpha value is -3.37. The molecule has 6 heteroatoms. The van der Waals surface area contributed by atoms with Crippen LogP contribution in [-0.2, 0) is 6.42 Å². The molecule has 2 N–H and O–H groups in total. The highest BCUT2D eigenvalue weighted by molar-refractivity contribution is 7.10. The van der Waals surface area contributed by atoms with Crippen LogP contribution in [0, 0.1) is 45.3 Å². The van der Waals surface area contributed by atoms with Crippen molar-refractivity contribution in [3.8, 4) is 18.2 Å². The summed E-state index contributed by atoms with van der Waals surface area (Å²) in [5.41, 5.74) is 7.33. The molecule has 0 spiro atoms. The van der Waals surface area contributed by atoms with Gasteiger partial charge in [0.1, 0.15) is 6.07 Å². The van der Waals surface area contributed by atoms with E-state index in [0.717, 1.165) is 30.0 Å². The minimum Gasteiger partial charge on any atom is -0.399 e. The molecule has 30 heavy (non-hydrogen) atoms. The number of rotatable bonds is 4. The zero-order valence-electron chi connectivity index (χ0n) is 16.5. The largest absolute Gasteiger partial charge is 0.399 e. The van der Waals surface area contributed by atoms with E-state index in [1.54, 1.807) is 0 Å². The third-order valence-electron chi connectivity index (χ3n) is 6.15. The molecule has 0 amide bonds. The van der Waals surface area contributed by atoms with Gasteiger partial charge < -0.3 is 5.73 Å². The fraction of sp³-hybridized carbons (Fsp3) is 0.292. The normalized spacial score (nSPS) is 22.9. The van der Waals surface area contributed by atoms with E-state index in [0.29, 0.717) is 12.1 Å². The molecule has 2 aliphatic rings. The minimum absolute atomic E-state index is 0.0913. The highest BCUT2D eigenvalue weighted by atomic mass is 32.1. The minimum atomic E-state index is -1.54. The fourth-order valence-electron chi connectivity index (χ4n) is 4.63. The lowest BCUT2D eigenvalue weighted by Crippen LogP contribution is -2.48. The second kappa shape index (κ2) is 8.17. The van der Waals surface area contributed by atoms with Crippen molar-refractivity contribution in [2.75, 3.05) is 19.6 Å². The van der Waals surface area contributed by atoms with Crippen LogP contribution >= 0.6 is 11.3 Å². The van der Waals surface area contributed by atoms with E-state index in [9.17, 15) is 15.8 Å². The van der Waals surface area contributed by atoms with Crippen LogP contribution in [0.15, 0.2) is 70.8 Å². The van der Waals surface area contributed by atoms with Gasteiger partial charge in [-0.1, -0.05) is 42.5 Å². The molecule has 0 saturated heterocycles. The lowest BCUT2D eigenvalue weighted by atomic mass is 9.59. The highest BCUT2D eigenvalue weighted by Crippen LogP contribution is 2.54. The van der Waals surface area contributed by atoms with Crippen molar-refractivity contribution in [3.63, 3.8) is 0 Å². The van der Waals surface area contributed by atoms with Gasteiger partial charge in [-0.3, -0.25) is 4.90 Å². The smallest absolute Gasteiger partial charge is 0.192 e. The van der Waals surface area contributed by atoms with Crippen molar-refractivity contribution in [2.45, 2.75) is 12.3 Å². The molecule has 1 aliphatic carbocycles. The zero-order chi connectivity index (χ0) is 21.1. The molecule has 2 atom stereocenters. The molecule has 0 bridgehead atoms. The molecule has 2 heterocycles. The molecule has 1 aromatic carbocycles. The Kier molecular flexibility index (Phi) is 5.42. The fourth-order valence-corrected chi connectivity index (χ4v) is 5.59.